The van der Waals surface area contributed by atoms with Crippen molar-refractivity contribution >= 4 is 21.5 Å². The van der Waals surface area contributed by atoms with Crippen molar-refractivity contribution in [2.24, 2.45) is 0 Å². The van der Waals surface area contributed by atoms with E-state index in [0.717, 1.165) is 32.7 Å². The number of rotatable bonds is 2. The van der Waals surface area contributed by atoms with Gasteiger partial charge in [0.05, 0.1) is 6.61 Å². The third-order valence-corrected chi connectivity index (χ3v) is 3.57. The first-order chi connectivity index (χ1) is 9.69. The van der Waals surface area contributed by atoms with Crippen molar-refractivity contribution in [3.8, 4) is 0 Å². The summed E-state index contributed by atoms with van der Waals surface area (Å²) in [5.41, 5.74) is 2.32. The van der Waals surface area contributed by atoms with Crippen molar-refractivity contribution in [3.05, 3.63) is 69.9 Å². The molecule has 0 saturated heterocycles. The van der Waals surface area contributed by atoms with Gasteiger partial charge in [0.15, 0.2) is 5.43 Å². The minimum Gasteiger partial charge on any atom is -1.00 e. The first-order valence-corrected chi connectivity index (χ1v) is 6.64. The smallest absolute Gasteiger partial charge is 1.00 e. The quantitative estimate of drug-likeness (QED) is 0.656. The van der Waals surface area contributed by atoms with Crippen LogP contribution in [-0.4, -0.2) is 7.11 Å². The third-order valence-electron chi connectivity index (χ3n) is 3.57. The summed E-state index contributed by atoms with van der Waals surface area (Å²) in [7, 11) is 1.67. The largest absolute Gasteiger partial charge is 1.00 e. The third kappa shape index (κ3) is 3.19. The molecule has 2 nitrogen and oxygen atoms in total. The molecule has 0 aliphatic heterocycles. The standard InChI is InChI=1S/C18H16O2.Na.H/c1-12-3-7-16-14(9-12)5-6-15-10-13(11-20-2)4-8-17(15)18(16)19;;/h3-10H,11H2,1-2H3;;/q;+1;-1. The second kappa shape index (κ2) is 6.71. The molecule has 0 spiro atoms. The van der Waals surface area contributed by atoms with E-state index < -0.39 is 0 Å². The summed E-state index contributed by atoms with van der Waals surface area (Å²) in [6.07, 6.45) is 0. The second-order valence-electron chi connectivity index (χ2n) is 5.11. The van der Waals surface area contributed by atoms with E-state index in [2.05, 4.69) is 0 Å². The Morgan fingerprint density at radius 1 is 0.952 bits per heavy atom. The molecular weight excluding hydrogens is 271 g/mol. The number of benzene rings is 2. The molecule has 0 N–H and O–H groups in total. The van der Waals surface area contributed by atoms with Gasteiger partial charge in [0.25, 0.3) is 0 Å². The van der Waals surface area contributed by atoms with Crippen molar-refractivity contribution in [2.75, 3.05) is 7.11 Å². The second-order valence-corrected chi connectivity index (χ2v) is 5.11. The number of hydrogen-bond acceptors (Lipinski definition) is 2. The van der Waals surface area contributed by atoms with E-state index in [-0.39, 0.29) is 36.4 Å². The molecule has 0 aromatic heterocycles. The van der Waals surface area contributed by atoms with Crippen LogP contribution in [-0.2, 0) is 11.3 Å². The van der Waals surface area contributed by atoms with E-state index in [1.165, 1.54) is 0 Å². The molecule has 0 saturated carbocycles. The van der Waals surface area contributed by atoms with Crippen LogP contribution in [0.1, 0.15) is 12.6 Å². The zero-order valence-corrected chi connectivity index (χ0v) is 14.6. The van der Waals surface area contributed by atoms with Gasteiger partial charge in [-0.05, 0) is 29.3 Å². The number of hydrogen-bond donors (Lipinski definition) is 0. The van der Waals surface area contributed by atoms with E-state index in [9.17, 15) is 4.79 Å². The Kier molecular flexibility index (Phi) is 5.17. The van der Waals surface area contributed by atoms with E-state index in [1.807, 2.05) is 55.5 Å². The Morgan fingerprint density at radius 3 is 2.24 bits per heavy atom. The fraction of sp³-hybridized carbons (Fsp3) is 0.167. The van der Waals surface area contributed by atoms with E-state index >= 15 is 0 Å². The minimum atomic E-state index is 0. The number of ether oxygens (including phenoxy) is 1. The molecule has 0 aliphatic carbocycles. The summed E-state index contributed by atoms with van der Waals surface area (Å²) in [5.74, 6) is 0. The van der Waals surface area contributed by atoms with Crippen LogP contribution in [0.2, 0.25) is 0 Å². The Morgan fingerprint density at radius 2 is 1.57 bits per heavy atom. The fourth-order valence-corrected chi connectivity index (χ4v) is 2.56. The Bertz CT molecular complexity index is 862. The summed E-state index contributed by atoms with van der Waals surface area (Å²) in [4.78, 5) is 12.6. The van der Waals surface area contributed by atoms with Gasteiger partial charge in [-0.15, -0.1) is 0 Å². The molecule has 0 bridgehead atoms. The minimum absolute atomic E-state index is 0. The van der Waals surface area contributed by atoms with Crippen LogP contribution in [0.4, 0.5) is 0 Å². The molecule has 0 unspecified atom stereocenters. The SMILES string of the molecule is COCc1ccc2c(=O)c3ccc(C)cc3ccc2c1.[H-].[Na+]. The van der Waals surface area contributed by atoms with Crippen LogP contribution in [0, 0.1) is 6.92 Å². The van der Waals surface area contributed by atoms with Gasteiger partial charge in [-0.2, -0.15) is 0 Å². The zero-order chi connectivity index (χ0) is 14.1. The van der Waals surface area contributed by atoms with Gasteiger partial charge in [0, 0.05) is 17.9 Å². The van der Waals surface area contributed by atoms with Crippen LogP contribution in [0.25, 0.3) is 21.5 Å². The van der Waals surface area contributed by atoms with Crippen LogP contribution >= 0.6 is 0 Å². The molecule has 21 heavy (non-hydrogen) atoms. The average molecular weight is 288 g/mol. The molecule has 0 aliphatic rings. The molecule has 102 valence electrons. The molecular formula is C18H17NaO2. The maximum absolute atomic E-state index is 12.6. The molecule has 3 aromatic carbocycles. The van der Waals surface area contributed by atoms with Gasteiger partial charge >= 0.3 is 29.6 Å². The van der Waals surface area contributed by atoms with Crippen LogP contribution < -0.4 is 35.0 Å². The van der Waals surface area contributed by atoms with Crippen molar-refractivity contribution in [1.29, 1.82) is 0 Å². The first kappa shape index (κ1) is 16.2. The summed E-state index contributed by atoms with van der Waals surface area (Å²) in [6.45, 7) is 2.59. The van der Waals surface area contributed by atoms with Crippen LogP contribution in [0.5, 0.6) is 0 Å². The fourth-order valence-electron chi connectivity index (χ4n) is 2.56. The molecule has 3 rings (SSSR count). The van der Waals surface area contributed by atoms with Crippen molar-refractivity contribution in [1.82, 2.24) is 0 Å². The van der Waals surface area contributed by atoms with E-state index in [0.29, 0.717) is 6.61 Å². The molecule has 0 atom stereocenters. The van der Waals surface area contributed by atoms with Crippen molar-refractivity contribution < 1.29 is 35.7 Å². The van der Waals surface area contributed by atoms with E-state index in [4.69, 9.17) is 4.74 Å². The number of fused-ring (bicyclic) bond motifs is 2. The average Bonchev–Trinajstić information content (AvgIpc) is 2.57. The monoisotopic (exact) mass is 288 g/mol. The predicted octanol–water partition coefficient (Wildman–Crippen LogP) is 0.925. The number of aryl methyl sites for hydroxylation is 1. The predicted molar refractivity (Wildman–Crippen MR) is 84.3 cm³/mol. The zero-order valence-electron chi connectivity index (χ0n) is 13.6. The van der Waals surface area contributed by atoms with Gasteiger partial charge in [0.2, 0.25) is 0 Å². The first-order valence-electron chi connectivity index (χ1n) is 6.64. The Hall–Kier alpha value is -1.19. The van der Waals surface area contributed by atoms with Crippen molar-refractivity contribution in [2.45, 2.75) is 13.5 Å². The molecule has 0 heterocycles. The molecule has 0 radical (unpaired) electrons. The molecule has 0 fully saturated rings. The summed E-state index contributed by atoms with van der Waals surface area (Å²) >= 11 is 0. The maximum Gasteiger partial charge on any atom is 1.00 e. The Labute approximate surface area is 147 Å². The topological polar surface area (TPSA) is 26.3 Å². The van der Waals surface area contributed by atoms with Gasteiger partial charge in [-0.3, -0.25) is 4.79 Å². The van der Waals surface area contributed by atoms with E-state index in [1.54, 1.807) is 7.11 Å². The molecule has 3 heteroatoms. The van der Waals surface area contributed by atoms with Gasteiger partial charge < -0.3 is 6.16 Å². The van der Waals surface area contributed by atoms with Gasteiger partial charge in [-0.1, -0.05) is 48.0 Å². The van der Waals surface area contributed by atoms with Gasteiger partial charge in [0.1, 0.15) is 0 Å². The van der Waals surface area contributed by atoms with Gasteiger partial charge in [-0.25, -0.2) is 0 Å². The van der Waals surface area contributed by atoms with Crippen LogP contribution in [0.15, 0.2) is 53.3 Å². The summed E-state index contributed by atoms with van der Waals surface area (Å²) < 4.78 is 5.15. The van der Waals surface area contributed by atoms with Crippen LogP contribution in [0.3, 0.4) is 0 Å². The summed E-state index contributed by atoms with van der Waals surface area (Å²) in [6, 6.07) is 15.8. The molecule has 3 aromatic rings. The number of methoxy groups -OCH3 is 1. The normalized spacial score (nSPS) is 10.6. The summed E-state index contributed by atoms with van der Waals surface area (Å²) in [5, 5.41) is 3.46. The maximum atomic E-state index is 12.6. The molecule has 0 amide bonds. The van der Waals surface area contributed by atoms with Crippen molar-refractivity contribution in [3.63, 3.8) is 0 Å². The Balaban J connectivity index is 0.00000121.